The van der Waals surface area contributed by atoms with Crippen LogP contribution in [0.5, 0.6) is 0 Å². The van der Waals surface area contributed by atoms with Gasteiger partial charge in [0.05, 0.1) is 6.33 Å². The summed E-state index contributed by atoms with van der Waals surface area (Å²) in [6, 6.07) is 0. The van der Waals surface area contributed by atoms with Crippen molar-refractivity contribution in [2.45, 2.75) is 6.92 Å². The van der Waals surface area contributed by atoms with E-state index in [1.807, 2.05) is 25.6 Å². The third-order valence-corrected chi connectivity index (χ3v) is 1.91. The van der Waals surface area contributed by atoms with Crippen molar-refractivity contribution in [3.8, 4) is 0 Å². The van der Waals surface area contributed by atoms with Gasteiger partial charge in [-0.15, -0.1) is 0 Å². The van der Waals surface area contributed by atoms with Crippen molar-refractivity contribution in [1.29, 1.82) is 0 Å². The molecule has 0 aliphatic rings. The number of nitrogens with zero attached hydrogens (tertiary/aromatic N) is 4. The molecule has 6 heteroatoms. The molecule has 0 spiro atoms. The standard InChI is InChI=1S/C8H11N5.V/c1-5-11-7(9-2)6-8(12-5)13(3)4-10-6;/h4H,1-3H3,(H,9,11,12);. The van der Waals surface area contributed by atoms with E-state index in [-0.39, 0.29) is 18.6 Å². The summed E-state index contributed by atoms with van der Waals surface area (Å²) in [5, 5.41) is 3.00. The Morgan fingerprint density at radius 2 is 2.07 bits per heavy atom. The molecular weight excluding hydrogens is 217 g/mol. The van der Waals surface area contributed by atoms with Gasteiger partial charge in [0.2, 0.25) is 0 Å². The minimum absolute atomic E-state index is 0. The number of imidazole rings is 1. The average molecular weight is 228 g/mol. The number of hydrogen-bond donors (Lipinski definition) is 1. The quantitative estimate of drug-likeness (QED) is 0.781. The maximum atomic E-state index is 4.29. The van der Waals surface area contributed by atoms with Crippen LogP contribution in [-0.2, 0) is 25.6 Å². The fourth-order valence-corrected chi connectivity index (χ4v) is 1.29. The molecule has 2 rings (SSSR count). The van der Waals surface area contributed by atoms with Crippen molar-refractivity contribution in [1.82, 2.24) is 19.5 Å². The Balaban J connectivity index is 0.000000980. The molecule has 0 atom stereocenters. The predicted octanol–water partition coefficient (Wildman–Crippen LogP) is 0.711. The monoisotopic (exact) mass is 228 g/mol. The summed E-state index contributed by atoms with van der Waals surface area (Å²) >= 11 is 0. The van der Waals surface area contributed by atoms with E-state index in [0.29, 0.717) is 0 Å². The van der Waals surface area contributed by atoms with Gasteiger partial charge in [0.25, 0.3) is 0 Å². The molecule has 73 valence electrons. The summed E-state index contributed by atoms with van der Waals surface area (Å²) in [6.07, 6.45) is 1.74. The van der Waals surface area contributed by atoms with Gasteiger partial charge in [0, 0.05) is 32.7 Å². The van der Waals surface area contributed by atoms with E-state index in [4.69, 9.17) is 0 Å². The molecule has 0 aliphatic carbocycles. The zero-order chi connectivity index (χ0) is 9.42. The Morgan fingerprint density at radius 3 is 2.71 bits per heavy atom. The second-order valence-electron chi connectivity index (χ2n) is 2.90. The van der Waals surface area contributed by atoms with Crippen LogP contribution in [0.4, 0.5) is 5.82 Å². The molecule has 0 unspecified atom stereocenters. The van der Waals surface area contributed by atoms with Crippen LogP contribution in [-0.4, -0.2) is 26.6 Å². The number of aryl methyl sites for hydroxylation is 2. The normalized spacial score (nSPS) is 9.93. The molecule has 5 nitrogen and oxygen atoms in total. The third kappa shape index (κ3) is 1.60. The maximum Gasteiger partial charge on any atom is 0.165 e. The van der Waals surface area contributed by atoms with Crippen LogP contribution in [0.3, 0.4) is 0 Å². The smallest absolute Gasteiger partial charge is 0.165 e. The molecule has 2 aromatic rings. The molecular formula is C8H11N5V. The van der Waals surface area contributed by atoms with Crippen molar-refractivity contribution in [2.24, 2.45) is 7.05 Å². The zero-order valence-corrected chi connectivity index (χ0v) is 9.71. The number of fused-ring (bicyclic) bond motifs is 1. The zero-order valence-electron chi connectivity index (χ0n) is 8.31. The third-order valence-electron chi connectivity index (χ3n) is 1.91. The van der Waals surface area contributed by atoms with Crippen molar-refractivity contribution in [3.63, 3.8) is 0 Å². The molecule has 0 aromatic carbocycles. The molecule has 0 bridgehead atoms. The van der Waals surface area contributed by atoms with Crippen LogP contribution < -0.4 is 5.32 Å². The van der Waals surface area contributed by atoms with Gasteiger partial charge in [-0.05, 0) is 6.92 Å². The second-order valence-corrected chi connectivity index (χ2v) is 2.90. The fourth-order valence-electron chi connectivity index (χ4n) is 1.29. The molecule has 1 N–H and O–H groups in total. The van der Waals surface area contributed by atoms with Crippen LogP contribution in [0.1, 0.15) is 5.82 Å². The van der Waals surface area contributed by atoms with Crippen molar-refractivity contribution in [2.75, 3.05) is 12.4 Å². The van der Waals surface area contributed by atoms with Gasteiger partial charge in [-0.2, -0.15) is 0 Å². The van der Waals surface area contributed by atoms with Gasteiger partial charge >= 0.3 is 0 Å². The van der Waals surface area contributed by atoms with Crippen LogP contribution >= 0.6 is 0 Å². The van der Waals surface area contributed by atoms with E-state index in [1.165, 1.54) is 0 Å². The maximum absolute atomic E-state index is 4.29. The number of aromatic nitrogens is 4. The van der Waals surface area contributed by atoms with E-state index in [1.54, 1.807) is 6.33 Å². The van der Waals surface area contributed by atoms with Crippen LogP contribution in [0.25, 0.3) is 11.2 Å². The van der Waals surface area contributed by atoms with Crippen LogP contribution in [0, 0.1) is 6.92 Å². The average Bonchev–Trinajstić information content (AvgIpc) is 2.47. The molecule has 0 saturated carbocycles. The van der Waals surface area contributed by atoms with Gasteiger partial charge in [0.1, 0.15) is 11.3 Å². The van der Waals surface area contributed by atoms with E-state index < -0.39 is 0 Å². The fraction of sp³-hybridized carbons (Fsp3) is 0.375. The van der Waals surface area contributed by atoms with E-state index in [0.717, 1.165) is 22.8 Å². The first-order chi connectivity index (χ1) is 6.22. The topological polar surface area (TPSA) is 55.6 Å². The minimum Gasteiger partial charge on any atom is -0.371 e. The summed E-state index contributed by atoms with van der Waals surface area (Å²) in [6.45, 7) is 1.87. The summed E-state index contributed by atoms with van der Waals surface area (Å²) in [5.41, 5.74) is 1.67. The van der Waals surface area contributed by atoms with Gasteiger partial charge in [-0.3, -0.25) is 0 Å². The van der Waals surface area contributed by atoms with Gasteiger partial charge in [0.15, 0.2) is 11.5 Å². The summed E-state index contributed by atoms with van der Waals surface area (Å²) in [7, 11) is 3.75. The number of hydrogen-bond acceptors (Lipinski definition) is 4. The van der Waals surface area contributed by atoms with Crippen LogP contribution in [0.2, 0.25) is 0 Å². The Kier molecular flexibility index (Phi) is 3.13. The molecule has 2 heterocycles. The van der Waals surface area contributed by atoms with Crippen molar-refractivity contribution in [3.05, 3.63) is 12.2 Å². The van der Waals surface area contributed by atoms with Gasteiger partial charge in [-0.25, -0.2) is 15.0 Å². The molecule has 0 saturated heterocycles. The first-order valence-electron chi connectivity index (χ1n) is 4.06. The second kappa shape index (κ2) is 3.98. The van der Waals surface area contributed by atoms with Crippen molar-refractivity contribution >= 4 is 17.0 Å². The first-order valence-corrected chi connectivity index (χ1v) is 4.06. The summed E-state index contributed by atoms with van der Waals surface area (Å²) < 4.78 is 1.88. The van der Waals surface area contributed by atoms with E-state index >= 15 is 0 Å². The Labute approximate surface area is 93.8 Å². The van der Waals surface area contributed by atoms with Gasteiger partial charge in [-0.1, -0.05) is 0 Å². The molecule has 0 amide bonds. The largest absolute Gasteiger partial charge is 0.371 e. The SMILES string of the molecule is CNc1nc(C)nc2c1ncn2C.[V]. The van der Waals surface area contributed by atoms with Crippen molar-refractivity contribution < 1.29 is 18.6 Å². The van der Waals surface area contributed by atoms with Gasteiger partial charge < -0.3 is 9.88 Å². The summed E-state index contributed by atoms with van der Waals surface area (Å²) in [5.74, 6) is 1.53. The van der Waals surface area contributed by atoms with E-state index in [2.05, 4.69) is 20.3 Å². The minimum atomic E-state index is 0. The molecule has 14 heavy (non-hydrogen) atoms. The molecule has 0 fully saturated rings. The molecule has 1 radical (unpaired) electrons. The Bertz CT molecular complexity index is 450. The Hall–Kier alpha value is -1.07. The van der Waals surface area contributed by atoms with E-state index in [9.17, 15) is 0 Å². The molecule has 0 aliphatic heterocycles. The predicted molar refractivity (Wildman–Crippen MR) is 50.6 cm³/mol. The molecule has 2 aromatic heterocycles. The summed E-state index contributed by atoms with van der Waals surface area (Å²) in [4.78, 5) is 12.7. The number of rotatable bonds is 1. The number of anilines is 1. The Morgan fingerprint density at radius 1 is 1.36 bits per heavy atom. The first kappa shape index (κ1) is 11.0. The van der Waals surface area contributed by atoms with Crippen LogP contribution in [0.15, 0.2) is 6.33 Å². The number of nitrogens with one attached hydrogen (secondary N) is 1.